The normalized spacial score (nSPS) is 11.6. The van der Waals surface area contributed by atoms with Crippen LogP contribution in [0, 0.1) is 0 Å². The highest BCUT2D eigenvalue weighted by Crippen LogP contribution is 2.09. The van der Waals surface area contributed by atoms with Crippen molar-refractivity contribution in [3.63, 3.8) is 0 Å². The van der Waals surface area contributed by atoms with Crippen LogP contribution in [0.4, 0.5) is 0 Å². The van der Waals surface area contributed by atoms with Crippen LogP contribution in [0.5, 0.6) is 0 Å². The van der Waals surface area contributed by atoms with Gasteiger partial charge in [0, 0.05) is 6.42 Å². The fourth-order valence-electron chi connectivity index (χ4n) is 2.53. The standard InChI is InChI=1S/C19H40NO2/c1-5-6-7-8-9-10-11-15-18-22-19(21)16-13-12-14-17-20(2,3)4/h5-18H2,1-4H3/q+1. The van der Waals surface area contributed by atoms with E-state index in [1.165, 1.54) is 57.9 Å². The van der Waals surface area contributed by atoms with E-state index in [0.29, 0.717) is 13.0 Å². The van der Waals surface area contributed by atoms with Crippen molar-refractivity contribution in [2.45, 2.75) is 84.0 Å². The van der Waals surface area contributed by atoms with Crippen LogP contribution in [-0.4, -0.2) is 44.7 Å². The summed E-state index contributed by atoms with van der Waals surface area (Å²) < 4.78 is 6.29. The molecule has 132 valence electrons. The molecule has 3 nitrogen and oxygen atoms in total. The number of ether oxygens (including phenoxy) is 1. The van der Waals surface area contributed by atoms with Crippen molar-refractivity contribution in [3.8, 4) is 0 Å². The Morgan fingerprint density at radius 1 is 0.773 bits per heavy atom. The van der Waals surface area contributed by atoms with Gasteiger partial charge in [0.15, 0.2) is 0 Å². The van der Waals surface area contributed by atoms with Gasteiger partial charge in [0.05, 0.1) is 34.3 Å². The molecule has 22 heavy (non-hydrogen) atoms. The average Bonchev–Trinajstić information content (AvgIpc) is 2.44. The maximum absolute atomic E-state index is 11.6. The van der Waals surface area contributed by atoms with Gasteiger partial charge in [-0.25, -0.2) is 0 Å². The van der Waals surface area contributed by atoms with E-state index >= 15 is 0 Å². The van der Waals surface area contributed by atoms with E-state index in [1.54, 1.807) is 0 Å². The Hall–Kier alpha value is -0.570. The molecule has 0 atom stereocenters. The lowest BCUT2D eigenvalue weighted by Crippen LogP contribution is -2.35. The fourth-order valence-corrected chi connectivity index (χ4v) is 2.53. The lowest BCUT2D eigenvalue weighted by atomic mass is 10.1. The van der Waals surface area contributed by atoms with Crippen molar-refractivity contribution in [3.05, 3.63) is 0 Å². The van der Waals surface area contributed by atoms with Crippen LogP contribution in [0.25, 0.3) is 0 Å². The molecular formula is C19H40NO2+. The number of carbonyl (C=O) groups is 1. The van der Waals surface area contributed by atoms with Crippen molar-refractivity contribution < 1.29 is 14.0 Å². The molecule has 0 fully saturated rings. The third-order valence-electron chi connectivity index (χ3n) is 3.97. The number of nitrogens with zero attached hydrogens (tertiary/aromatic N) is 1. The molecule has 3 heteroatoms. The smallest absolute Gasteiger partial charge is 0.305 e. The quantitative estimate of drug-likeness (QED) is 0.243. The van der Waals surface area contributed by atoms with Gasteiger partial charge in [0.25, 0.3) is 0 Å². The van der Waals surface area contributed by atoms with Crippen LogP contribution in [0.2, 0.25) is 0 Å². The molecule has 0 saturated carbocycles. The van der Waals surface area contributed by atoms with Gasteiger partial charge in [0.1, 0.15) is 0 Å². The molecule has 0 aliphatic heterocycles. The van der Waals surface area contributed by atoms with Crippen molar-refractivity contribution in [1.82, 2.24) is 0 Å². The summed E-state index contributed by atoms with van der Waals surface area (Å²) in [6.45, 7) is 4.04. The molecule has 0 saturated heterocycles. The minimum atomic E-state index is -0.00630. The van der Waals surface area contributed by atoms with E-state index in [0.717, 1.165) is 23.7 Å². The second kappa shape index (κ2) is 14.0. The van der Waals surface area contributed by atoms with Gasteiger partial charge in [-0.3, -0.25) is 4.79 Å². The molecule has 0 aliphatic carbocycles. The van der Waals surface area contributed by atoms with Gasteiger partial charge in [-0.2, -0.15) is 0 Å². The molecule has 0 N–H and O–H groups in total. The van der Waals surface area contributed by atoms with Gasteiger partial charge < -0.3 is 9.22 Å². The zero-order chi connectivity index (χ0) is 16.7. The second-order valence-electron chi connectivity index (χ2n) is 7.52. The number of rotatable bonds is 15. The fraction of sp³-hybridized carbons (Fsp3) is 0.947. The van der Waals surface area contributed by atoms with E-state index in [2.05, 4.69) is 28.1 Å². The van der Waals surface area contributed by atoms with Crippen LogP contribution in [0.1, 0.15) is 84.0 Å². The average molecular weight is 315 g/mol. The van der Waals surface area contributed by atoms with Crippen LogP contribution in [0.3, 0.4) is 0 Å². The number of hydrogen-bond donors (Lipinski definition) is 0. The maximum Gasteiger partial charge on any atom is 0.305 e. The van der Waals surface area contributed by atoms with E-state index in [1.807, 2.05) is 0 Å². The minimum absolute atomic E-state index is 0.00630. The first-order valence-corrected chi connectivity index (χ1v) is 9.42. The largest absolute Gasteiger partial charge is 0.466 e. The highest BCUT2D eigenvalue weighted by atomic mass is 16.5. The molecule has 0 aromatic heterocycles. The lowest BCUT2D eigenvalue weighted by molar-refractivity contribution is -0.870. The summed E-state index contributed by atoms with van der Waals surface area (Å²) in [6, 6.07) is 0. The van der Waals surface area contributed by atoms with Crippen molar-refractivity contribution in [2.75, 3.05) is 34.3 Å². The highest BCUT2D eigenvalue weighted by Gasteiger charge is 2.07. The van der Waals surface area contributed by atoms with Crippen molar-refractivity contribution in [2.24, 2.45) is 0 Å². The van der Waals surface area contributed by atoms with E-state index in [9.17, 15) is 4.79 Å². The molecular weight excluding hydrogens is 274 g/mol. The Labute approximate surface area is 139 Å². The van der Waals surface area contributed by atoms with Crippen LogP contribution < -0.4 is 0 Å². The summed E-state index contributed by atoms with van der Waals surface area (Å²) in [5, 5.41) is 0. The monoisotopic (exact) mass is 314 g/mol. The van der Waals surface area contributed by atoms with Crippen LogP contribution in [0.15, 0.2) is 0 Å². The number of hydrogen-bond acceptors (Lipinski definition) is 2. The summed E-state index contributed by atoms with van der Waals surface area (Å²) in [4.78, 5) is 11.6. The third-order valence-corrected chi connectivity index (χ3v) is 3.97. The van der Waals surface area contributed by atoms with Crippen LogP contribution >= 0.6 is 0 Å². The topological polar surface area (TPSA) is 26.3 Å². The number of unbranched alkanes of at least 4 members (excludes halogenated alkanes) is 9. The van der Waals surface area contributed by atoms with E-state index in [-0.39, 0.29) is 5.97 Å². The molecule has 0 aromatic rings. The van der Waals surface area contributed by atoms with Gasteiger partial charge in [-0.1, -0.05) is 51.9 Å². The first-order chi connectivity index (χ1) is 10.5. The van der Waals surface area contributed by atoms with Crippen molar-refractivity contribution in [1.29, 1.82) is 0 Å². The summed E-state index contributed by atoms with van der Waals surface area (Å²) in [5.41, 5.74) is 0. The summed E-state index contributed by atoms with van der Waals surface area (Å²) >= 11 is 0. The predicted molar refractivity (Wildman–Crippen MR) is 94.9 cm³/mol. The molecule has 0 amide bonds. The van der Waals surface area contributed by atoms with Crippen molar-refractivity contribution >= 4 is 5.97 Å². The Bertz CT molecular complexity index is 259. The predicted octanol–water partition coefficient (Wildman–Crippen LogP) is 4.94. The van der Waals surface area contributed by atoms with Crippen LogP contribution in [-0.2, 0) is 9.53 Å². The number of quaternary nitrogens is 1. The first-order valence-electron chi connectivity index (χ1n) is 9.42. The Balaban J connectivity index is 3.23. The molecule has 0 aliphatic rings. The molecule has 0 radical (unpaired) electrons. The Kier molecular flexibility index (Phi) is 13.7. The van der Waals surface area contributed by atoms with E-state index in [4.69, 9.17) is 4.74 Å². The summed E-state index contributed by atoms with van der Waals surface area (Å²) in [6.07, 6.45) is 14.1. The zero-order valence-electron chi connectivity index (χ0n) is 15.7. The molecule has 0 rings (SSSR count). The second-order valence-corrected chi connectivity index (χ2v) is 7.52. The zero-order valence-corrected chi connectivity index (χ0v) is 15.7. The van der Waals surface area contributed by atoms with E-state index < -0.39 is 0 Å². The van der Waals surface area contributed by atoms with Gasteiger partial charge in [-0.05, 0) is 25.7 Å². The van der Waals surface area contributed by atoms with Gasteiger partial charge >= 0.3 is 5.97 Å². The Morgan fingerprint density at radius 2 is 1.32 bits per heavy atom. The number of carbonyl (C=O) groups excluding carboxylic acids is 1. The molecule has 0 spiro atoms. The maximum atomic E-state index is 11.6. The molecule has 0 unspecified atom stereocenters. The Morgan fingerprint density at radius 3 is 1.91 bits per heavy atom. The third kappa shape index (κ3) is 17.5. The molecule has 0 heterocycles. The molecule has 0 bridgehead atoms. The molecule has 0 aromatic carbocycles. The summed E-state index contributed by atoms with van der Waals surface area (Å²) in [5.74, 6) is -0.00630. The first kappa shape index (κ1) is 21.4. The van der Waals surface area contributed by atoms with Gasteiger partial charge in [0.2, 0.25) is 0 Å². The van der Waals surface area contributed by atoms with Gasteiger partial charge in [-0.15, -0.1) is 0 Å². The lowest BCUT2D eigenvalue weighted by Gasteiger charge is -2.23. The SMILES string of the molecule is CCCCCCCCCCOC(=O)CCCCC[N+](C)(C)C. The summed E-state index contributed by atoms with van der Waals surface area (Å²) in [7, 11) is 6.62. The highest BCUT2D eigenvalue weighted by molar-refractivity contribution is 5.69. The number of esters is 1. The minimum Gasteiger partial charge on any atom is -0.466 e.